The molecule has 7 nitrogen and oxygen atoms in total. The maximum atomic E-state index is 12.5. The lowest BCUT2D eigenvalue weighted by molar-refractivity contribution is -0.118. The number of ether oxygens (including phenoxy) is 1. The van der Waals surface area contributed by atoms with E-state index in [1.54, 1.807) is 13.3 Å². The molecule has 2 aromatic carbocycles. The Hall–Kier alpha value is -2.65. The average Bonchev–Trinajstić information content (AvgIpc) is 3.28. The second-order valence-corrected chi connectivity index (χ2v) is 10.2. The summed E-state index contributed by atoms with van der Waals surface area (Å²) in [6, 6.07) is 14.3. The molecule has 0 unspecified atom stereocenters. The molecule has 0 saturated heterocycles. The third kappa shape index (κ3) is 6.07. The number of halogens is 1. The summed E-state index contributed by atoms with van der Waals surface area (Å²) in [4.78, 5) is 12.5. The van der Waals surface area contributed by atoms with Gasteiger partial charge < -0.3 is 4.74 Å². The van der Waals surface area contributed by atoms with Crippen molar-refractivity contribution in [2.45, 2.75) is 50.2 Å². The van der Waals surface area contributed by atoms with Crippen LogP contribution >= 0.6 is 27.7 Å². The van der Waals surface area contributed by atoms with Gasteiger partial charge in [-0.2, -0.15) is 5.10 Å². The fourth-order valence-electron chi connectivity index (χ4n) is 4.09. The van der Waals surface area contributed by atoms with Crippen LogP contribution in [0.3, 0.4) is 0 Å². The number of nitrogens with one attached hydrogen (secondary N) is 1. The number of rotatable bonds is 8. The molecular weight excluding hydrogens is 514 g/mol. The molecular formula is C25H28BrN5O2S. The van der Waals surface area contributed by atoms with Gasteiger partial charge in [0.05, 0.1) is 19.1 Å². The Bertz CT molecular complexity index is 1160. The Balaban J connectivity index is 1.45. The number of aryl methyl sites for hydroxylation is 1. The van der Waals surface area contributed by atoms with Gasteiger partial charge in [0.15, 0.2) is 11.0 Å². The van der Waals surface area contributed by atoms with Gasteiger partial charge in [-0.25, -0.2) is 5.43 Å². The minimum absolute atomic E-state index is 0.200. The predicted octanol–water partition coefficient (Wildman–Crippen LogP) is 5.77. The Labute approximate surface area is 212 Å². The summed E-state index contributed by atoms with van der Waals surface area (Å²) in [6.45, 7) is 2.07. The SMILES string of the molecule is COc1ccc(Br)cc1/C=N\NC(=O)CSc1nnc(-c2ccc(C)cc2)n1C1CCCCC1. The summed E-state index contributed by atoms with van der Waals surface area (Å²) in [6.07, 6.45) is 7.46. The third-order valence-corrected chi connectivity index (χ3v) is 7.27. The van der Waals surface area contributed by atoms with Crippen molar-refractivity contribution in [1.82, 2.24) is 20.2 Å². The number of hydrogen-bond acceptors (Lipinski definition) is 6. The molecule has 0 aliphatic heterocycles. The van der Waals surface area contributed by atoms with Crippen LogP contribution in [0.15, 0.2) is 57.2 Å². The van der Waals surface area contributed by atoms with E-state index in [9.17, 15) is 4.79 Å². The summed E-state index contributed by atoms with van der Waals surface area (Å²) in [7, 11) is 1.60. The van der Waals surface area contributed by atoms with E-state index in [2.05, 4.69) is 72.4 Å². The Morgan fingerprint density at radius 1 is 1.21 bits per heavy atom. The third-order valence-electron chi connectivity index (χ3n) is 5.83. The van der Waals surface area contributed by atoms with Crippen LogP contribution in [-0.2, 0) is 4.79 Å². The molecule has 0 bridgehead atoms. The van der Waals surface area contributed by atoms with E-state index in [1.807, 2.05) is 18.2 Å². The van der Waals surface area contributed by atoms with Crippen molar-refractivity contribution in [2.75, 3.05) is 12.9 Å². The molecule has 3 aromatic rings. The van der Waals surface area contributed by atoms with Gasteiger partial charge in [0.1, 0.15) is 5.75 Å². The van der Waals surface area contributed by atoms with Crippen LogP contribution in [0.25, 0.3) is 11.4 Å². The molecule has 9 heteroatoms. The van der Waals surface area contributed by atoms with Crippen LogP contribution in [-0.4, -0.2) is 39.7 Å². The van der Waals surface area contributed by atoms with Crippen LogP contribution in [0.2, 0.25) is 0 Å². The minimum Gasteiger partial charge on any atom is -0.496 e. The van der Waals surface area contributed by atoms with Crippen molar-refractivity contribution in [3.8, 4) is 17.1 Å². The molecule has 0 radical (unpaired) electrons. The highest BCUT2D eigenvalue weighted by Gasteiger charge is 2.24. The van der Waals surface area contributed by atoms with Crippen LogP contribution < -0.4 is 10.2 Å². The van der Waals surface area contributed by atoms with Crippen molar-refractivity contribution in [1.29, 1.82) is 0 Å². The van der Waals surface area contributed by atoms with E-state index >= 15 is 0 Å². The van der Waals surface area contributed by atoms with E-state index in [-0.39, 0.29) is 11.7 Å². The van der Waals surface area contributed by atoms with Crippen LogP contribution in [0.1, 0.15) is 49.3 Å². The first kappa shape index (κ1) is 24.5. The van der Waals surface area contributed by atoms with Gasteiger partial charge in [0.2, 0.25) is 0 Å². The zero-order valence-corrected chi connectivity index (χ0v) is 21.7. The molecule has 4 rings (SSSR count). The van der Waals surface area contributed by atoms with E-state index in [0.29, 0.717) is 11.8 Å². The topological polar surface area (TPSA) is 81.4 Å². The fraction of sp³-hybridized carbons (Fsp3) is 0.360. The number of thioether (sulfide) groups is 1. The lowest BCUT2D eigenvalue weighted by Crippen LogP contribution is -2.20. The number of carbonyl (C=O) groups excluding carboxylic acids is 1. The molecule has 1 N–H and O–H groups in total. The molecule has 0 atom stereocenters. The number of benzene rings is 2. The van der Waals surface area contributed by atoms with Gasteiger partial charge in [0.25, 0.3) is 5.91 Å². The zero-order valence-electron chi connectivity index (χ0n) is 19.3. The number of carbonyl (C=O) groups is 1. The van der Waals surface area contributed by atoms with Gasteiger partial charge >= 0.3 is 0 Å². The van der Waals surface area contributed by atoms with Crippen LogP contribution in [0.4, 0.5) is 0 Å². The molecule has 0 spiro atoms. The van der Waals surface area contributed by atoms with Gasteiger partial charge in [0, 0.05) is 21.6 Å². The van der Waals surface area contributed by atoms with E-state index in [0.717, 1.165) is 39.4 Å². The van der Waals surface area contributed by atoms with Gasteiger partial charge in [-0.1, -0.05) is 76.8 Å². The Morgan fingerprint density at radius 2 is 1.97 bits per heavy atom. The lowest BCUT2D eigenvalue weighted by Gasteiger charge is -2.25. The smallest absolute Gasteiger partial charge is 0.250 e. The number of aromatic nitrogens is 3. The highest BCUT2D eigenvalue weighted by molar-refractivity contribution is 9.10. The summed E-state index contributed by atoms with van der Waals surface area (Å²) in [5.74, 6) is 1.55. The second kappa shape index (κ2) is 11.7. The van der Waals surface area contributed by atoms with Gasteiger partial charge in [-0.3, -0.25) is 9.36 Å². The minimum atomic E-state index is -0.203. The van der Waals surface area contributed by atoms with Crippen LogP contribution in [0, 0.1) is 6.92 Å². The fourth-order valence-corrected chi connectivity index (χ4v) is 5.26. The molecule has 1 fully saturated rings. The number of hydrazone groups is 1. The zero-order chi connectivity index (χ0) is 23.9. The monoisotopic (exact) mass is 541 g/mol. The molecule has 34 heavy (non-hydrogen) atoms. The van der Waals surface area contributed by atoms with Crippen LogP contribution in [0.5, 0.6) is 5.75 Å². The van der Waals surface area contributed by atoms with Crippen molar-refractivity contribution >= 4 is 39.8 Å². The number of methoxy groups -OCH3 is 1. The summed E-state index contributed by atoms with van der Waals surface area (Å²) >= 11 is 4.83. The summed E-state index contributed by atoms with van der Waals surface area (Å²) in [5, 5.41) is 13.8. The van der Waals surface area contributed by atoms with Crippen molar-refractivity contribution in [3.05, 3.63) is 58.1 Å². The highest BCUT2D eigenvalue weighted by Crippen LogP contribution is 2.35. The molecule has 1 aromatic heterocycles. The largest absolute Gasteiger partial charge is 0.496 e. The van der Waals surface area contributed by atoms with Gasteiger partial charge in [-0.15, -0.1) is 10.2 Å². The van der Waals surface area contributed by atoms with Crippen molar-refractivity contribution < 1.29 is 9.53 Å². The van der Waals surface area contributed by atoms with E-state index < -0.39 is 0 Å². The van der Waals surface area contributed by atoms with Crippen molar-refractivity contribution in [3.63, 3.8) is 0 Å². The molecule has 1 saturated carbocycles. The maximum absolute atomic E-state index is 12.5. The number of nitrogens with zero attached hydrogens (tertiary/aromatic N) is 4. The first-order chi connectivity index (χ1) is 16.5. The van der Waals surface area contributed by atoms with Crippen molar-refractivity contribution in [2.24, 2.45) is 5.10 Å². The van der Waals surface area contributed by atoms with E-state index in [4.69, 9.17) is 4.74 Å². The quantitative estimate of drug-likeness (QED) is 0.222. The number of hydrogen-bond donors (Lipinski definition) is 1. The molecule has 1 amide bonds. The van der Waals surface area contributed by atoms with Gasteiger partial charge in [-0.05, 0) is 38.0 Å². The first-order valence-corrected chi connectivity index (χ1v) is 13.1. The molecule has 178 valence electrons. The predicted molar refractivity (Wildman–Crippen MR) is 139 cm³/mol. The molecule has 1 aliphatic carbocycles. The first-order valence-electron chi connectivity index (χ1n) is 11.4. The maximum Gasteiger partial charge on any atom is 0.250 e. The standard InChI is InChI=1S/C25H28BrN5O2S/c1-17-8-10-18(11-9-17)24-29-30-25(31(24)21-6-4-3-5-7-21)34-16-23(32)28-27-15-19-14-20(26)12-13-22(19)33-2/h8-15,21H,3-7,16H2,1-2H3,(H,28,32)/b27-15-. The van der Waals surface area contributed by atoms with E-state index in [1.165, 1.54) is 36.6 Å². The summed E-state index contributed by atoms with van der Waals surface area (Å²) < 4.78 is 8.47. The lowest BCUT2D eigenvalue weighted by atomic mass is 9.95. The number of amides is 1. The summed E-state index contributed by atoms with van der Waals surface area (Å²) in [5.41, 5.74) is 5.62. The second-order valence-electron chi connectivity index (χ2n) is 8.30. The normalized spacial score (nSPS) is 14.4. The Kier molecular flexibility index (Phi) is 8.39. The molecule has 1 heterocycles. The molecule has 1 aliphatic rings. The highest BCUT2D eigenvalue weighted by atomic mass is 79.9. The Morgan fingerprint density at radius 3 is 2.71 bits per heavy atom. The average molecular weight is 543 g/mol.